The molecule has 0 radical (unpaired) electrons. The Kier molecular flexibility index (Phi) is 7.86. The first-order valence-electron chi connectivity index (χ1n) is 10.2. The maximum atomic E-state index is 10.9. The van der Waals surface area contributed by atoms with Crippen molar-refractivity contribution in [2.75, 3.05) is 19.8 Å². The molecule has 0 spiro atoms. The average molecular weight is 448 g/mol. The minimum absolute atomic E-state index is 0.150. The van der Waals surface area contributed by atoms with Crippen molar-refractivity contribution in [2.45, 2.75) is 37.6 Å². The largest absolute Gasteiger partial charge is 0.490 e. The van der Waals surface area contributed by atoms with Gasteiger partial charge in [-0.2, -0.15) is 0 Å². The fraction of sp³-hybridized carbons (Fsp3) is 0.409. The molecule has 0 bridgehead atoms. The maximum absolute atomic E-state index is 10.9. The molecule has 3 rings (SSSR count). The number of benzene rings is 2. The molecule has 8 nitrogen and oxygen atoms in total. The Morgan fingerprint density at radius 3 is 2.55 bits per heavy atom. The molecule has 0 aromatic heterocycles. The van der Waals surface area contributed by atoms with Crippen molar-refractivity contribution in [1.82, 2.24) is 0 Å². The van der Waals surface area contributed by atoms with E-state index in [1.807, 2.05) is 61.5 Å². The van der Waals surface area contributed by atoms with Gasteiger partial charge in [-0.25, -0.2) is 4.57 Å². The number of rotatable bonds is 10. The van der Waals surface area contributed by atoms with Crippen LogP contribution in [0.2, 0.25) is 0 Å². The van der Waals surface area contributed by atoms with E-state index in [4.69, 9.17) is 25.1 Å². The van der Waals surface area contributed by atoms with Gasteiger partial charge in [-0.05, 0) is 55.4 Å². The van der Waals surface area contributed by atoms with Gasteiger partial charge in [0.15, 0.2) is 6.61 Å². The summed E-state index contributed by atoms with van der Waals surface area (Å²) >= 11 is 0. The quantitative estimate of drug-likeness (QED) is 0.220. The first kappa shape index (κ1) is 23.4. The van der Waals surface area contributed by atoms with Gasteiger partial charge in [-0.1, -0.05) is 47.6 Å². The highest BCUT2D eigenvalue weighted by Crippen LogP contribution is 2.43. The van der Waals surface area contributed by atoms with Crippen molar-refractivity contribution in [3.05, 3.63) is 65.7 Å². The number of hydrogen-bond donors (Lipinski definition) is 3. The van der Waals surface area contributed by atoms with Gasteiger partial charge < -0.3 is 25.1 Å². The normalized spacial score (nSPS) is 21.8. The van der Waals surface area contributed by atoms with E-state index in [1.54, 1.807) is 0 Å². The lowest BCUT2D eigenvalue weighted by molar-refractivity contribution is 0.107. The van der Waals surface area contributed by atoms with Crippen LogP contribution in [-0.2, 0) is 13.9 Å². The SMILES string of the molecule is CC(=NOCCOc1ccccc1)c1ccc([C@@H]2CC[C@](N)(COP(=O)(O)O)C2)cc1. The van der Waals surface area contributed by atoms with Crippen molar-refractivity contribution in [3.8, 4) is 5.75 Å². The molecule has 4 N–H and O–H groups in total. The second-order valence-electron chi connectivity index (χ2n) is 7.86. The molecule has 9 heteroatoms. The zero-order valence-corrected chi connectivity index (χ0v) is 18.4. The van der Waals surface area contributed by atoms with E-state index in [0.29, 0.717) is 26.1 Å². The van der Waals surface area contributed by atoms with Gasteiger partial charge in [0.25, 0.3) is 0 Å². The van der Waals surface area contributed by atoms with Crippen LogP contribution < -0.4 is 10.5 Å². The Bertz CT molecular complexity index is 915. The number of phosphoric acid groups is 1. The summed E-state index contributed by atoms with van der Waals surface area (Å²) in [5.41, 5.74) is 8.40. The zero-order valence-electron chi connectivity index (χ0n) is 17.5. The molecule has 2 aromatic carbocycles. The van der Waals surface area contributed by atoms with Crippen LogP contribution in [0, 0.1) is 0 Å². The van der Waals surface area contributed by atoms with Crippen molar-refractivity contribution >= 4 is 13.5 Å². The van der Waals surface area contributed by atoms with Crippen LogP contribution in [0.25, 0.3) is 0 Å². The number of hydrogen-bond acceptors (Lipinski definition) is 6. The predicted octanol–water partition coefficient (Wildman–Crippen LogP) is 3.58. The second kappa shape index (κ2) is 10.4. The molecule has 0 heterocycles. The molecule has 0 unspecified atom stereocenters. The first-order valence-corrected chi connectivity index (χ1v) is 11.7. The Morgan fingerprint density at radius 1 is 1.16 bits per heavy atom. The molecule has 1 aliphatic carbocycles. The van der Waals surface area contributed by atoms with Crippen LogP contribution in [0.5, 0.6) is 5.75 Å². The van der Waals surface area contributed by atoms with Crippen LogP contribution in [0.3, 0.4) is 0 Å². The van der Waals surface area contributed by atoms with Crippen LogP contribution in [0.4, 0.5) is 0 Å². The van der Waals surface area contributed by atoms with E-state index >= 15 is 0 Å². The number of nitrogens with two attached hydrogens (primary N) is 1. The molecule has 2 aromatic rings. The Labute approximate surface area is 182 Å². The molecule has 1 aliphatic rings. The molecule has 1 saturated carbocycles. The number of ether oxygens (including phenoxy) is 1. The lowest BCUT2D eigenvalue weighted by Crippen LogP contribution is -2.41. The topological polar surface area (TPSA) is 124 Å². The van der Waals surface area contributed by atoms with E-state index in [0.717, 1.165) is 29.0 Å². The Hall–Kier alpha value is -2.22. The monoisotopic (exact) mass is 448 g/mol. The van der Waals surface area contributed by atoms with Crippen LogP contribution in [-0.4, -0.2) is 40.9 Å². The lowest BCUT2D eigenvalue weighted by atomic mass is 9.93. The van der Waals surface area contributed by atoms with E-state index in [-0.39, 0.29) is 12.5 Å². The summed E-state index contributed by atoms with van der Waals surface area (Å²) in [6.07, 6.45) is 2.11. The molecule has 0 saturated heterocycles. The Balaban J connectivity index is 1.47. The van der Waals surface area contributed by atoms with Gasteiger partial charge >= 0.3 is 7.82 Å². The average Bonchev–Trinajstić information content (AvgIpc) is 3.15. The summed E-state index contributed by atoms with van der Waals surface area (Å²) < 4.78 is 21.1. The Morgan fingerprint density at radius 2 is 1.87 bits per heavy atom. The van der Waals surface area contributed by atoms with Crippen LogP contribution >= 0.6 is 7.82 Å². The summed E-state index contributed by atoms with van der Waals surface area (Å²) in [6, 6.07) is 17.6. The zero-order chi connectivity index (χ0) is 22.3. The molecule has 168 valence electrons. The minimum atomic E-state index is -4.51. The smallest absolute Gasteiger partial charge is 0.469 e. The molecular formula is C22H29N2O6P. The fourth-order valence-electron chi connectivity index (χ4n) is 3.69. The van der Waals surface area contributed by atoms with E-state index in [1.165, 1.54) is 0 Å². The number of phosphoric ester groups is 1. The maximum Gasteiger partial charge on any atom is 0.469 e. The molecule has 0 aliphatic heterocycles. The van der Waals surface area contributed by atoms with Gasteiger partial charge in [-0.3, -0.25) is 4.52 Å². The summed E-state index contributed by atoms with van der Waals surface area (Å²) in [5.74, 6) is 1.02. The van der Waals surface area contributed by atoms with Gasteiger partial charge in [-0.15, -0.1) is 0 Å². The summed E-state index contributed by atoms with van der Waals surface area (Å²) in [7, 11) is -4.51. The summed E-state index contributed by atoms with van der Waals surface area (Å²) in [6.45, 7) is 2.49. The molecule has 31 heavy (non-hydrogen) atoms. The molecular weight excluding hydrogens is 419 g/mol. The van der Waals surface area contributed by atoms with Gasteiger partial charge in [0, 0.05) is 5.54 Å². The molecule has 1 fully saturated rings. The lowest BCUT2D eigenvalue weighted by Gasteiger charge is -2.24. The summed E-state index contributed by atoms with van der Waals surface area (Å²) in [5, 5.41) is 4.15. The van der Waals surface area contributed by atoms with E-state index in [9.17, 15) is 4.57 Å². The second-order valence-corrected chi connectivity index (χ2v) is 9.10. The van der Waals surface area contributed by atoms with Crippen molar-refractivity contribution in [2.24, 2.45) is 10.9 Å². The predicted molar refractivity (Wildman–Crippen MR) is 118 cm³/mol. The molecule has 0 amide bonds. The third kappa shape index (κ3) is 7.45. The minimum Gasteiger partial charge on any atom is -0.490 e. The van der Waals surface area contributed by atoms with Gasteiger partial charge in [0.1, 0.15) is 12.4 Å². The highest BCUT2D eigenvalue weighted by atomic mass is 31.2. The van der Waals surface area contributed by atoms with Crippen molar-refractivity contribution < 1.29 is 28.5 Å². The number of nitrogens with zero attached hydrogens (tertiary/aromatic N) is 1. The fourth-order valence-corrected chi connectivity index (χ4v) is 4.12. The van der Waals surface area contributed by atoms with E-state index < -0.39 is 13.4 Å². The van der Waals surface area contributed by atoms with Crippen LogP contribution in [0.15, 0.2) is 59.8 Å². The highest BCUT2D eigenvalue weighted by molar-refractivity contribution is 7.46. The third-order valence-corrected chi connectivity index (χ3v) is 5.82. The van der Waals surface area contributed by atoms with Gasteiger partial charge in [0.05, 0.1) is 12.3 Å². The standard InChI is InChI=1S/C22H29N2O6P/c1-17(24-29-14-13-28-21-5-3-2-4-6-21)18-7-9-19(10-8-18)20-11-12-22(23,15-20)16-30-31(25,26)27/h2-10,20H,11-16,23H2,1H3,(H2,25,26,27)/t20-,22-/m1/s1. The van der Waals surface area contributed by atoms with Crippen LogP contribution in [0.1, 0.15) is 43.2 Å². The summed E-state index contributed by atoms with van der Waals surface area (Å²) in [4.78, 5) is 23.2. The molecule has 2 atom stereocenters. The highest BCUT2D eigenvalue weighted by Gasteiger charge is 2.38. The van der Waals surface area contributed by atoms with Crippen molar-refractivity contribution in [3.63, 3.8) is 0 Å². The number of para-hydroxylation sites is 1. The number of oxime groups is 1. The van der Waals surface area contributed by atoms with E-state index in [2.05, 4.69) is 9.68 Å². The van der Waals surface area contributed by atoms with Crippen molar-refractivity contribution in [1.29, 1.82) is 0 Å². The van der Waals surface area contributed by atoms with Gasteiger partial charge in [0.2, 0.25) is 0 Å². The first-order chi connectivity index (χ1) is 14.7. The third-order valence-electron chi connectivity index (χ3n) is 5.35.